The Morgan fingerprint density at radius 3 is 2.81 bits per heavy atom. The van der Waals surface area contributed by atoms with Gasteiger partial charge in [-0.15, -0.1) is 0 Å². The Balaban J connectivity index is 1.87. The number of rotatable bonds is 6. The van der Waals surface area contributed by atoms with Gasteiger partial charge in [0.15, 0.2) is 0 Å². The first-order valence-corrected chi connectivity index (χ1v) is 7.18. The number of aromatic nitrogens is 1. The van der Waals surface area contributed by atoms with E-state index in [1.54, 1.807) is 12.4 Å². The Morgan fingerprint density at radius 2 is 2.10 bits per heavy atom. The van der Waals surface area contributed by atoms with Gasteiger partial charge in [-0.3, -0.25) is 9.78 Å². The molecule has 0 aliphatic heterocycles. The highest BCUT2D eigenvalue weighted by Crippen LogP contribution is 2.20. The summed E-state index contributed by atoms with van der Waals surface area (Å²) < 4.78 is 0. The Hall–Kier alpha value is -2.36. The molecule has 0 aliphatic carbocycles. The van der Waals surface area contributed by atoms with E-state index in [1.165, 1.54) is 5.56 Å². The summed E-state index contributed by atoms with van der Waals surface area (Å²) in [5.74, 6) is -0.0239. The van der Waals surface area contributed by atoms with E-state index in [2.05, 4.69) is 41.6 Å². The van der Waals surface area contributed by atoms with Gasteiger partial charge in [-0.25, -0.2) is 0 Å². The van der Waals surface area contributed by atoms with E-state index in [9.17, 15) is 4.79 Å². The Bertz CT molecular complexity index is 596. The quantitative estimate of drug-likeness (QED) is 0.857. The molecular weight excluding hydrogens is 262 g/mol. The van der Waals surface area contributed by atoms with Crippen LogP contribution in [0, 0.1) is 6.92 Å². The van der Waals surface area contributed by atoms with Gasteiger partial charge in [-0.05, 0) is 36.1 Å². The summed E-state index contributed by atoms with van der Waals surface area (Å²) in [5.41, 5.74) is 4.46. The standard InChI is InChI=1S/C17H21N3O/c1-3-15-8-4-6-13(2)17(15)20-12-16(21)19-11-14-7-5-9-18-10-14/h4-10,20H,3,11-12H2,1-2H3,(H,19,21). The van der Waals surface area contributed by atoms with Gasteiger partial charge in [-0.1, -0.05) is 31.2 Å². The van der Waals surface area contributed by atoms with Crippen LogP contribution in [0.3, 0.4) is 0 Å². The first-order valence-electron chi connectivity index (χ1n) is 7.18. The third kappa shape index (κ3) is 4.31. The van der Waals surface area contributed by atoms with Crippen molar-refractivity contribution in [3.05, 3.63) is 59.4 Å². The van der Waals surface area contributed by atoms with Gasteiger partial charge in [0.25, 0.3) is 0 Å². The van der Waals surface area contributed by atoms with Gasteiger partial charge in [0.2, 0.25) is 5.91 Å². The van der Waals surface area contributed by atoms with Crippen molar-refractivity contribution in [2.75, 3.05) is 11.9 Å². The summed E-state index contributed by atoms with van der Waals surface area (Å²) in [6.07, 6.45) is 4.42. The largest absolute Gasteiger partial charge is 0.376 e. The number of nitrogens with zero attached hydrogens (tertiary/aromatic N) is 1. The average molecular weight is 283 g/mol. The van der Waals surface area contributed by atoms with Gasteiger partial charge in [0.05, 0.1) is 6.54 Å². The van der Waals surface area contributed by atoms with Crippen LogP contribution < -0.4 is 10.6 Å². The molecule has 1 heterocycles. The van der Waals surface area contributed by atoms with Crippen LogP contribution in [-0.4, -0.2) is 17.4 Å². The van der Waals surface area contributed by atoms with Crippen LogP contribution in [0.2, 0.25) is 0 Å². The fourth-order valence-electron chi connectivity index (χ4n) is 2.21. The molecule has 2 N–H and O–H groups in total. The number of hydrogen-bond donors (Lipinski definition) is 2. The van der Waals surface area contributed by atoms with Crippen LogP contribution in [0.4, 0.5) is 5.69 Å². The normalized spacial score (nSPS) is 10.2. The minimum atomic E-state index is -0.0239. The lowest BCUT2D eigenvalue weighted by Crippen LogP contribution is -2.29. The van der Waals surface area contributed by atoms with E-state index in [0.717, 1.165) is 23.2 Å². The lowest BCUT2D eigenvalue weighted by molar-refractivity contribution is -0.119. The molecule has 1 amide bonds. The molecule has 2 aromatic rings. The number of anilines is 1. The molecule has 0 saturated carbocycles. The number of nitrogens with one attached hydrogen (secondary N) is 2. The van der Waals surface area contributed by atoms with E-state index < -0.39 is 0 Å². The topological polar surface area (TPSA) is 54.0 Å². The molecule has 110 valence electrons. The second kappa shape index (κ2) is 7.43. The summed E-state index contributed by atoms with van der Waals surface area (Å²) in [4.78, 5) is 15.9. The number of para-hydroxylation sites is 1. The molecule has 4 heteroatoms. The highest BCUT2D eigenvalue weighted by molar-refractivity contribution is 5.81. The molecule has 4 nitrogen and oxygen atoms in total. The molecule has 0 fully saturated rings. The molecule has 0 atom stereocenters. The van der Waals surface area contributed by atoms with Gasteiger partial charge in [0, 0.05) is 24.6 Å². The number of carbonyl (C=O) groups is 1. The Labute approximate surface area is 125 Å². The van der Waals surface area contributed by atoms with Crippen LogP contribution in [0.1, 0.15) is 23.6 Å². The molecule has 2 rings (SSSR count). The van der Waals surface area contributed by atoms with Crippen LogP contribution in [0.25, 0.3) is 0 Å². The van der Waals surface area contributed by atoms with E-state index in [4.69, 9.17) is 0 Å². The van der Waals surface area contributed by atoms with Gasteiger partial charge < -0.3 is 10.6 Å². The smallest absolute Gasteiger partial charge is 0.239 e. The summed E-state index contributed by atoms with van der Waals surface area (Å²) in [6, 6.07) is 9.98. The zero-order valence-corrected chi connectivity index (χ0v) is 12.5. The molecule has 21 heavy (non-hydrogen) atoms. The van der Waals surface area contributed by atoms with E-state index in [1.807, 2.05) is 18.2 Å². The fourth-order valence-corrected chi connectivity index (χ4v) is 2.21. The minimum absolute atomic E-state index is 0.0239. The van der Waals surface area contributed by atoms with Crippen molar-refractivity contribution >= 4 is 11.6 Å². The Morgan fingerprint density at radius 1 is 1.24 bits per heavy atom. The SMILES string of the molecule is CCc1cccc(C)c1NCC(=O)NCc1cccnc1. The first kappa shape index (κ1) is 15.0. The van der Waals surface area contributed by atoms with E-state index >= 15 is 0 Å². The zero-order valence-electron chi connectivity index (χ0n) is 12.5. The summed E-state index contributed by atoms with van der Waals surface area (Å²) >= 11 is 0. The summed E-state index contributed by atoms with van der Waals surface area (Å²) in [7, 11) is 0. The number of amides is 1. The third-order valence-electron chi connectivity index (χ3n) is 3.38. The van der Waals surface area contributed by atoms with Gasteiger partial charge >= 0.3 is 0 Å². The first-order chi connectivity index (χ1) is 10.2. The highest BCUT2D eigenvalue weighted by Gasteiger charge is 2.06. The van der Waals surface area contributed by atoms with Crippen molar-refractivity contribution in [1.29, 1.82) is 0 Å². The molecular formula is C17H21N3O. The summed E-state index contributed by atoms with van der Waals surface area (Å²) in [5, 5.41) is 6.13. The third-order valence-corrected chi connectivity index (χ3v) is 3.38. The van der Waals surface area contributed by atoms with Crippen molar-refractivity contribution in [3.63, 3.8) is 0 Å². The molecule has 0 saturated heterocycles. The van der Waals surface area contributed by atoms with Crippen molar-refractivity contribution in [3.8, 4) is 0 Å². The molecule has 0 radical (unpaired) electrons. The molecule has 1 aromatic heterocycles. The predicted molar refractivity (Wildman–Crippen MR) is 85.1 cm³/mol. The molecule has 0 bridgehead atoms. The predicted octanol–water partition coefficient (Wildman–Crippen LogP) is 2.68. The van der Waals surface area contributed by atoms with Gasteiger partial charge in [0.1, 0.15) is 0 Å². The number of carbonyl (C=O) groups excluding carboxylic acids is 1. The molecule has 0 unspecified atom stereocenters. The van der Waals surface area contributed by atoms with Crippen molar-refractivity contribution < 1.29 is 4.79 Å². The average Bonchev–Trinajstić information content (AvgIpc) is 2.52. The molecule has 0 spiro atoms. The summed E-state index contributed by atoms with van der Waals surface area (Å²) in [6.45, 7) is 4.94. The van der Waals surface area contributed by atoms with E-state index in [-0.39, 0.29) is 12.5 Å². The maximum absolute atomic E-state index is 11.9. The van der Waals surface area contributed by atoms with Crippen molar-refractivity contribution in [2.24, 2.45) is 0 Å². The number of benzene rings is 1. The second-order valence-corrected chi connectivity index (χ2v) is 4.95. The second-order valence-electron chi connectivity index (χ2n) is 4.95. The molecule has 1 aromatic carbocycles. The van der Waals surface area contributed by atoms with Gasteiger partial charge in [-0.2, -0.15) is 0 Å². The van der Waals surface area contributed by atoms with Crippen molar-refractivity contribution in [1.82, 2.24) is 10.3 Å². The minimum Gasteiger partial charge on any atom is -0.376 e. The Kier molecular flexibility index (Phi) is 5.32. The molecule has 0 aliphatic rings. The highest BCUT2D eigenvalue weighted by atomic mass is 16.1. The maximum Gasteiger partial charge on any atom is 0.239 e. The monoisotopic (exact) mass is 283 g/mol. The van der Waals surface area contributed by atoms with Crippen LogP contribution >= 0.6 is 0 Å². The lowest BCUT2D eigenvalue weighted by Gasteiger charge is -2.14. The van der Waals surface area contributed by atoms with Crippen LogP contribution in [0.15, 0.2) is 42.7 Å². The number of aryl methyl sites for hydroxylation is 2. The maximum atomic E-state index is 11.9. The van der Waals surface area contributed by atoms with Crippen LogP contribution in [-0.2, 0) is 17.8 Å². The fraction of sp³-hybridized carbons (Fsp3) is 0.294. The number of hydrogen-bond acceptors (Lipinski definition) is 3. The number of pyridine rings is 1. The van der Waals surface area contributed by atoms with Crippen molar-refractivity contribution in [2.45, 2.75) is 26.8 Å². The van der Waals surface area contributed by atoms with E-state index in [0.29, 0.717) is 6.54 Å². The lowest BCUT2D eigenvalue weighted by atomic mass is 10.1. The zero-order chi connectivity index (χ0) is 15.1. The van der Waals surface area contributed by atoms with Crippen LogP contribution in [0.5, 0.6) is 0 Å².